The minimum atomic E-state index is -0.349. The van der Waals surface area contributed by atoms with Gasteiger partial charge in [-0.3, -0.25) is 4.79 Å². The first-order valence-electron chi connectivity index (χ1n) is 6.45. The topological polar surface area (TPSA) is 70.9 Å². The molecule has 0 atom stereocenters. The van der Waals surface area contributed by atoms with Crippen LogP contribution in [0.2, 0.25) is 0 Å². The van der Waals surface area contributed by atoms with Gasteiger partial charge in [-0.2, -0.15) is 5.10 Å². The van der Waals surface area contributed by atoms with Gasteiger partial charge in [-0.05, 0) is 31.2 Å². The number of para-hydroxylation sites is 1. The summed E-state index contributed by atoms with van der Waals surface area (Å²) in [7, 11) is 0. The van der Waals surface area contributed by atoms with Crippen LogP contribution < -0.4 is 10.2 Å². The molecule has 5 nitrogen and oxygen atoms in total. The zero-order valence-corrected chi connectivity index (χ0v) is 11.6. The number of benzene rings is 2. The summed E-state index contributed by atoms with van der Waals surface area (Å²) in [6.07, 6.45) is 0. The highest BCUT2D eigenvalue weighted by Gasteiger charge is 2.03. The monoisotopic (exact) mass is 284 g/mol. The van der Waals surface area contributed by atoms with Crippen LogP contribution in [0, 0.1) is 0 Å². The molecule has 0 saturated heterocycles. The number of nitrogens with zero attached hydrogens (tertiary/aromatic N) is 1. The summed E-state index contributed by atoms with van der Waals surface area (Å²) in [5.41, 5.74) is 3.74. The molecular formula is C16H16N2O3. The molecule has 0 bridgehead atoms. The Bertz CT molecular complexity index is 639. The molecule has 0 heterocycles. The molecule has 0 unspecified atom stereocenters. The number of carbonyl (C=O) groups is 1. The second-order valence-electron chi connectivity index (χ2n) is 4.38. The molecule has 2 N–H and O–H groups in total. The van der Waals surface area contributed by atoms with E-state index in [4.69, 9.17) is 4.74 Å². The molecule has 0 spiro atoms. The molecule has 0 aliphatic heterocycles. The Kier molecular flexibility index (Phi) is 4.93. The number of phenols is 1. The van der Waals surface area contributed by atoms with E-state index in [1.165, 1.54) is 0 Å². The van der Waals surface area contributed by atoms with Gasteiger partial charge in [-0.15, -0.1) is 0 Å². The minimum Gasteiger partial charge on any atom is -0.508 e. The fourth-order valence-electron chi connectivity index (χ4n) is 1.64. The summed E-state index contributed by atoms with van der Waals surface area (Å²) in [4.78, 5) is 11.6. The highest BCUT2D eigenvalue weighted by Crippen LogP contribution is 2.11. The largest absolute Gasteiger partial charge is 0.508 e. The van der Waals surface area contributed by atoms with E-state index >= 15 is 0 Å². The van der Waals surface area contributed by atoms with E-state index in [9.17, 15) is 9.90 Å². The van der Waals surface area contributed by atoms with Crippen molar-refractivity contribution in [2.75, 3.05) is 6.61 Å². The number of nitrogens with one attached hydrogen (secondary N) is 1. The Balaban J connectivity index is 1.87. The van der Waals surface area contributed by atoms with Crippen LogP contribution in [0.3, 0.4) is 0 Å². The average Bonchev–Trinajstić information content (AvgIpc) is 2.51. The molecule has 2 aromatic rings. The van der Waals surface area contributed by atoms with Crippen LogP contribution in [-0.4, -0.2) is 23.3 Å². The quantitative estimate of drug-likeness (QED) is 0.654. The third-order valence-corrected chi connectivity index (χ3v) is 2.73. The van der Waals surface area contributed by atoms with Crippen LogP contribution in [0.15, 0.2) is 59.7 Å². The number of amides is 1. The normalized spacial score (nSPS) is 11.0. The summed E-state index contributed by atoms with van der Waals surface area (Å²) in [5.74, 6) is 0.431. The second-order valence-corrected chi connectivity index (χ2v) is 4.38. The van der Waals surface area contributed by atoms with Crippen molar-refractivity contribution in [3.05, 3.63) is 60.2 Å². The van der Waals surface area contributed by atoms with Crippen molar-refractivity contribution in [3.8, 4) is 11.5 Å². The third-order valence-electron chi connectivity index (χ3n) is 2.73. The molecule has 2 rings (SSSR count). The molecule has 0 aliphatic rings. The molecular weight excluding hydrogens is 268 g/mol. The molecule has 0 fully saturated rings. The average molecular weight is 284 g/mol. The van der Waals surface area contributed by atoms with E-state index in [-0.39, 0.29) is 18.3 Å². The van der Waals surface area contributed by atoms with E-state index in [2.05, 4.69) is 10.5 Å². The van der Waals surface area contributed by atoms with Crippen molar-refractivity contribution >= 4 is 11.6 Å². The van der Waals surface area contributed by atoms with Crippen LogP contribution >= 0.6 is 0 Å². The first kappa shape index (κ1) is 14.6. The molecule has 0 aromatic heterocycles. The number of carbonyl (C=O) groups excluding carboxylic acids is 1. The smallest absolute Gasteiger partial charge is 0.277 e. The van der Waals surface area contributed by atoms with E-state index < -0.39 is 0 Å². The summed E-state index contributed by atoms with van der Waals surface area (Å²) in [6.45, 7) is 1.63. The number of hydrazone groups is 1. The number of phenolic OH excluding ortho intramolecular Hbond substituents is 1. The van der Waals surface area contributed by atoms with Crippen molar-refractivity contribution < 1.29 is 14.6 Å². The van der Waals surface area contributed by atoms with Gasteiger partial charge in [0, 0.05) is 5.56 Å². The number of hydrogen-bond acceptors (Lipinski definition) is 4. The maximum absolute atomic E-state index is 11.6. The Morgan fingerprint density at radius 1 is 1.19 bits per heavy atom. The predicted octanol–water partition coefficient (Wildman–Crippen LogP) is 2.31. The minimum absolute atomic E-state index is 0.110. The molecule has 0 saturated carbocycles. The zero-order valence-electron chi connectivity index (χ0n) is 11.6. The van der Waals surface area contributed by atoms with Crippen molar-refractivity contribution in [2.45, 2.75) is 6.92 Å². The highest BCUT2D eigenvalue weighted by molar-refractivity contribution is 5.99. The molecule has 0 radical (unpaired) electrons. The van der Waals surface area contributed by atoms with Crippen LogP contribution in [0.4, 0.5) is 0 Å². The highest BCUT2D eigenvalue weighted by atomic mass is 16.5. The molecule has 2 aromatic carbocycles. The maximum Gasteiger partial charge on any atom is 0.277 e. The lowest BCUT2D eigenvalue weighted by Crippen LogP contribution is -2.25. The van der Waals surface area contributed by atoms with E-state index in [1.807, 2.05) is 18.2 Å². The van der Waals surface area contributed by atoms with Crippen LogP contribution in [0.1, 0.15) is 12.5 Å². The lowest BCUT2D eigenvalue weighted by atomic mass is 10.1. The van der Waals surface area contributed by atoms with E-state index in [1.54, 1.807) is 43.3 Å². The van der Waals surface area contributed by atoms with Gasteiger partial charge < -0.3 is 9.84 Å². The number of hydrogen-bond donors (Lipinski definition) is 2. The number of ether oxygens (including phenoxy) is 1. The van der Waals surface area contributed by atoms with Crippen LogP contribution in [0.5, 0.6) is 11.5 Å². The van der Waals surface area contributed by atoms with Gasteiger partial charge in [0.2, 0.25) is 0 Å². The summed E-state index contributed by atoms with van der Waals surface area (Å²) < 4.78 is 5.30. The van der Waals surface area contributed by atoms with Crippen molar-refractivity contribution in [1.82, 2.24) is 5.43 Å². The molecule has 1 amide bonds. The zero-order chi connectivity index (χ0) is 15.1. The van der Waals surface area contributed by atoms with Crippen molar-refractivity contribution in [3.63, 3.8) is 0 Å². The maximum atomic E-state index is 11.6. The third kappa shape index (κ3) is 4.65. The lowest BCUT2D eigenvalue weighted by molar-refractivity contribution is -0.123. The SMILES string of the molecule is CC(=NNC(=O)COc1ccccc1)c1cccc(O)c1. The van der Waals surface area contributed by atoms with Gasteiger partial charge in [-0.25, -0.2) is 5.43 Å². The van der Waals surface area contributed by atoms with Gasteiger partial charge in [-0.1, -0.05) is 30.3 Å². The van der Waals surface area contributed by atoms with Gasteiger partial charge in [0.15, 0.2) is 6.61 Å². The van der Waals surface area contributed by atoms with Crippen LogP contribution in [-0.2, 0) is 4.79 Å². The Morgan fingerprint density at radius 3 is 2.67 bits per heavy atom. The Morgan fingerprint density at radius 2 is 1.95 bits per heavy atom. The first-order chi connectivity index (χ1) is 10.1. The summed E-state index contributed by atoms with van der Waals surface area (Å²) >= 11 is 0. The van der Waals surface area contributed by atoms with E-state index in [0.717, 1.165) is 5.56 Å². The number of rotatable bonds is 5. The van der Waals surface area contributed by atoms with Gasteiger partial charge >= 0.3 is 0 Å². The van der Waals surface area contributed by atoms with Gasteiger partial charge in [0.25, 0.3) is 5.91 Å². The van der Waals surface area contributed by atoms with Crippen LogP contribution in [0.25, 0.3) is 0 Å². The fraction of sp³-hybridized carbons (Fsp3) is 0.125. The van der Waals surface area contributed by atoms with E-state index in [0.29, 0.717) is 11.5 Å². The second kappa shape index (κ2) is 7.09. The summed E-state index contributed by atoms with van der Waals surface area (Å²) in [5, 5.41) is 13.4. The molecule has 5 heteroatoms. The molecule has 21 heavy (non-hydrogen) atoms. The van der Waals surface area contributed by atoms with Gasteiger partial charge in [0.1, 0.15) is 11.5 Å². The Hall–Kier alpha value is -2.82. The van der Waals surface area contributed by atoms with Crippen molar-refractivity contribution in [2.24, 2.45) is 5.10 Å². The standard InChI is InChI=1S/C16H16N2O3/c1-12(13-6-5-7-14(19)10-13)17-18-16(20)11-21-15-8-3-2-4-9-15/h2-10,19H,11H2,1H3,(H,18,20). The summed E-state index contributed by atoms with van der Waals surface area (Å²) in [6, 6.07) is 15.7. The fourth-order valence-corrected chi connectivity index (χ4v) is 1.64. The first-order valence-corrected chi connectivity index (χ1v) is 6.45. The molecule has 108 valence electrons. The van der Waals surface area contributed by atoms with Gasteiger partial charge in [0.05, 0.1) is 5.71 Å². The lowest BCUT2D eigenvalue weighted by Gasteiger charge is -2.05. The molecule has 0 aliphatic carbocycles. The predicted molar refractivity (Wildman–Crippen MR) is 80.4 cm³/mol. The number of aromatic hydroxyl groups is 1. The Labute approximate surface area is 122 Å². The van der Waals surface area contributed by atoms with Crippen molar-refractivity contribution in [1.29, 1.82) is 0 Å².